The van der Waals surface area contributed by atoms with Crippen molar-refractivity contribution in [1.29, 1.82) is 0 Å². The molecule has 2 aromatic rings. The first-order chi connectivity index (χ1) is 11.7. The minimum atomic E-state index is -0.314. The van der Waals surface area contributed by atoms with Crippen LogP contribution in [0.4, 0.5) is 4.39 Å². The van der Waals surface area contributed by atoms with Gasteiger partial charge in [0.25, 0.3) is 5.91 Å². The van der Waals surface area contributed by atoms with E-state index >= 15 is 0 Å². The van der Waals surface area contributed by atoms with Crippen LogP contribution in [0.3, 0.4) is 0 Å². The molecule has 126 valence electrons. The van der Waals surface area contributed by atoms with E-state index in [2.05, 4.69) is 24.3 Å². The minimum Gasteiger partial charge on any atom is -0.484 e. The van der Waals surface area contributed by atoms with Gasteiger partial charge in [-0.15, -0.1) is 0 Å². The number of quaternary nitrogens is 1. The van der Waals surface area contributed by atoms with Crippen molar-refractivity contribution in [3.8, 4) is 5.75 Å². The van der Waals surface area contributed by atoms with E-state index in [1.165, 1.54) is 34.7 Å². The molecule has 5 heteroatoms. The average molecular weight is 329 g/mol. The molecule has 1 aliphatic rings. The van der Waals surface area contributed by atoms with Crippen LogP contribution in [0.1, 0.15) is 5.56 Å². The standard InChI is InChI=1S/C19H21FN2O2/c20-17-6-8-18(9-7-17)24-15-19(23)22-12-10-21(11-13-22)14-16-4-2-1-3-5-16/h1-9H,10-15H2/p+1. The van der Waals surface area contributed by atoms with E-state index in [0.29, 0.717) is 5.75 Å². The van der Waals surface area contributed by atoms with Crippen molar-refractivity contribution < 1.29 is 18.8 Å². The molecule has 2 aromatic carbocycles. The van der Waals surface area contributed by atoms with Crippen LogP contribution in [0.15, 0.2) is 54.6 Å². The summed E-state index contributed by atoms with van der Waals surface area (Å²) in [6.45, 7) is 4.37. The smallest absolute Gasteiger partial charge is 0.260 e. The predicted molar refractivity (Wildman–Crippen MR) is 89.3 cm³/mol. The molecule has 1 amide bonds. The SMILES string of the molecule is O=C(COc1ccc(F)cc1)N1CC[NH+](Cc2ccccc2)CC1. The molecular formula is C19H22FN2O2+. The molecule has 0 spiro atoms. The fourth-order valence-corrected chi connectivity index (χ4v) is 2.90. The van der Waals surface area contributed by atoms with Gasteiger partial charge in [-0.05, 0) is 24.3 Å². The zero-order valence-electron chi connectivity index (χ0n) is 13.6. The number of carbonyl (C=O) groups is 1. The van der Waals surface area contributed by atoms with Gasteiger partial charge in [0.2, 0.25) is 0 Å². The number of carbonyl (C=O) groups excluding carboxylic acids is 1. The van der Waals surface area contributed by atoms with Crippen molar-refractivity contribution in [2.24, 2.45) is 0 Å². The highest BCUT2D eigenvalue weighted by atomic mass is 19.1. The molecular weight excluding hydrogens is 307 g/mol. The second-order valence-electron chi connectivity index (χ2n) is 6.04. The zero-order valence-corrected chi connectivity index (χ0v) is 13.6. The number of hydrogen-bond donors (Lipinski definition) is 1. The lowest BCUT2D eigenvalue weighted by Gasteiger charge is -2.32. The van der Waals surface area contributed by atoms with E-state index in [1.54, 1.807) is 0 Å². The molecule has 0 saturated carbocycles. The van der Waals surface area contributed by atoms with Crippen LogP contribution in [0.2, 0.25) is 0 Å². The Balaban J connectivity index is 1.42. The maximum atomic E-state index is 12.8. The fourth-order valence-electron chi connectivity index (χ4n) is 2.90. The van der Waals surface area contributed by atoms with Crippen LogP contribution in [0.5, 0.6) is 5.75 Å². The van der Waals surface area contributed by atoms with Crippen molar-refractivity contribution >= 4 is 5.91 Å². The van der Waals surface area contributed by atoms with Crippen molar-refractivity contribution in [3.63, 3.8) is 0 Å². The lowest BCUT2D eigenvalue weighted by Crippen LogP contribution is -3.13. The van der Waals surface area contributed by atoms with E-state index in [4.69, 9.17) is 4.74 Å². The Labute approximate surface area is 141 Å². The Kier molecular flexibility index (Phi) is 5.43. The summed E-state index contributed by atoms with van der Waals surface area (Å²) in [7, 11) is 0. The first kappa shape index (κ1) is 16.5. The Morgan fingerprint density at radius 1 is 1.04 bits per heavy atom. The molecule has 1 heterocycles. The zero-order chi connectivity index (χ0) is 16.8. The van der Waals surface area contributed by atoms with Crippen molar-refractivity contribution in [3.05, 3.63) is 66.0 Å². The number of piperazine rings is 1. The van der Waals surface area contributed by atoms with Gasteiger partial charge in [-0.25, -0.2) is 4.39 Å². The van der Waals surface area contributed by atoms with Crippen molar-refractivity contribution in [1.82, 2.24) is 4.90 Å². The van der Waals surface area contributed by atoms with Gasteiger partial charge in [0.15, 0.2) is 6.61 Å². The molecule has 4 nitrogen and oxygen atoms in total. The van der Waals surface area contributed by atoms with E-state index in [0.717, 1.165) is 32.7 Å². The molecule has 0 aliphatic carbocycles. The second kappa shape index (κ2) is 7.93. The second-order valence-corrected chi connectivity index (χ2v) is 6.04. The summed E-state index contributed by atoms with van der Waals surface area (Å²) >= 11 is 0. The highest BCUT2D eigenvalue weighted by molar-refractivity contribution is 5.77. The van der Waals surface area contributed by atoms with Gasteiger partial charge in [0.05, 0.1) is 26.2 Å². The monoisotopic (exact) mass is 329 g/mol. The summed E-state index contributed by atoms with van der Waals surface area (Å²) in [5.41, 5.74) is 1.33. The van der Waals surface area contributed by atoms with Gasteiger partial charge in [-0.3, -0.25) is 4.79 Å². The molecule has 1 N–H and O–H groups in total. The summed E-state index contributed by atoms with van der Waals surface area (Å²) in [6, 6.07) is 16.1. The largest absolute Gasteiger partial charge is 0.484 e. The van der Waals surface area contributed by atoms with Gasteiger partial charge < -0.3 is 14.5 Å². The first-order valence-electron chi connectivity index (χ1n) is 8.24. The molecule has 1 saturated heterocycles. The molecule has 0 radical (unpaired) electrons. The number of nitrogens with zero attached hydrogens (tertiary/aromatic N) is 1. The summed E-state index contributed by atoms with van der Waals surface area (Å²) in [4.78, 5) is 15.6. The molecule has 1 aliphatic heterocycles. The number of rotatable bonds is 5. The third-order valence-electron chi connectivity index (χ3n) is 4.30. The summed E-state index contributed by atoms with van der Waals surface area (Å²) in [6.07, 6.45) is 0. The van der Waals surface area contributed by atoms with Crippen molar-refractivity contribution in [2.45, 2.75) is 6.54 Å². The first-order valence-corrected chi connectivity index (χ1v) is 8.24. The van der Waals surface area contributed by atoms with E-state index < -0.39 is 0 Å². The quantitative estimate of drug-likeness (QED) is 0.892. The normalized spacial score (nSPS) is 15.3. The van der Waals surface area contributed by atoms with Gasteiger partial charge in [-0.1, -0.05) is 30.3 Å². The van der Waals surface area contributed by atoms with E-state index in [1.807, 2.05) is 11.0 Å². The number of nitrogens with one attached hydrogen (secondary N) is 1. The molecule has 0 bridgehead atoms. The Bertz CT molecular complexity index is 653. The van der Waals surface area contributed by atoms with E-state index in [-0.39, 0.29) is 18.3 Å². The molecule has 0 aromatic heterocycles. The number of benzene rings is 2. The third-order valence-corrected chi connectivity index (χ3v) is 4.30. The van der Waals surface area contributed by atoms with Crippen LogP contribution in [-0.2, 0) is 11.3 Å². The van der Waals surface area contributed by atoms with Crippen molar-refractivity contribution in [2.75, 3.05) is 32.8 Å². The van der Waals surface area contributed by atoms with Gasteiger partial charge in [-0.2, -0.15) is 0 Å². The van der Waals surface area contributed by atoms with Gasteiger partial charge in [0, 0.05) is 5.56 Å². The predicted octanol–water partition coefficient (Wildman–Crippen LogP) is 1.13. The molecule has 3 rings (SSSR count). The summed E-state index contributed by atoms with van der Waals surface area (Å²) in [5.74, 6) is 0.183. The molecule has 1 fully saturated rings. The fraction of sp³-hybridized carbons (Fsp3) is 0.316. The van der Waals surface area contributed by atoms with Crippen LogP contribution in [0.25, 0.3) is 0 Å². The summed E-state index contributed by atoms with van der Waals surface area (Å²) in [5, 5.41) is 0. The number of halogens is 1. The highest BCUT2D eigenvalue weighted by Gasteiger charge is 2.23. The third kappa shape index (κ3) is 4.55. The molecule has 0 atom stereocenters. The lowest BCUT2D eigenvalue weighted by molar-refractivity contribution is -0.917. The van der Waals surface area contributed by atoms with Gasteiger partial charge in [0.1, 0.15) is 18.1 Å². The number of amides is 1. The summed E-state index contributed by atoms with van der Waals surface area (Å²) < 4.78 is 18.3. The topological polar surface area (TPSA) is 34.0 Å². The van der Waals surface area contributed by atoms with Crippen LogP contribution >= 0.6 is 0 Å². The van der Waals surface area contributed by atoms with Crippen LogP contribution in [0, 0.1) is 5.82 Å². The van der Waals surface area contributed by atoms with Crippen LogP contribution < -0.4 is 9.64 Å². The van der Waals surface area contributed by atoms with Gasteiger partial charge >= 0.3 is 0 Å². The van der Waals surface area contributed by atoms with Crippen LogP contribution in [-0.4, -0.2) is 43.6 Å². The number of ether oxygens (including phenoxy) is 1. The average Bonchev–Trinajstić information content (AvgIpc) is 2.62. The van der Waals surface area contributed by atoms with E-state index in [9.17, 15) is 9.18 Å². The molecule has 24 heavy (non-hydrogen) atoms. The number of hydrogen-bond acceptors (Lipinski definition) is 2. The maximum Gasteiger partial charge on any atom is 0.260 e. The lowest BCUT2D eigenvalue weighted by atomic mass is 10.2. The maximum absolute atomic E-state index is 12.8. The Morgan fingerprint density at radius 2 is 1.71 bits per heavy atom. The Hall–Kier alpha value is -2.40. The Morgan fingerprint density at radius 3 is 2.38 bits per heavy atom. The minimum absolute atomic E-state index is 0.000346. The highest BCUT2D eigenvalue weighted by Crippen LogP contribution is 2.11. The molecule has 0 unspecified atom stereocenters.